The van der Waals surface area contributed by atoms with Crippen molar-refractivity contribution in [2.75, 3.05) is 6.54 Å². The molecule has 0 aliphatic carbocycles. The van der Waals surface area contributed by atoms with Gasteiger partial charge in [0.1, 0.15) is 0 Å². The average molecular weight is 230 g/mol. The molecule has 0 unspecified atom stereocenters. The van der Waals surface area contributed by atoms with E-state index in [0.29, 0.717) is 0 Å². The molecule has 3 rings (SSSR count). The van der Waals surface area contributed by atoms with Crippen LogP contribution in [0.3, 0.4) is 0 Å². The van der Waals surface area contributed by atoms with Gasteiger partial charge in [-0.15, -0.1) is 11.3 Å². The lowest BCUT2D eigenvalue weighted by molar-refractivity contribution is 0.244. The fourth-order valence-corrected chi connectivity index (χ4v) is 2.92. The van der Waals surface area contributed by atoms with Crippen LogP contribution in [0.25, 0.3) is 0 Å². The molecule has 0 N–H and O–H groups in total. The Balaban J connectivity index is 1.71. The molecule has 16 heavy (non-hydrogen) atoms. The molecule has 1 aliphatic heterocycles. The van der Waals surface area contributed by atoms with Crippen molar-refractivity contribution < 1.29 is 0 Å². The van der Waals surface area contributed by atoms with E-state index in [4.69, 9.17) is 0 Å². The summed E-state index contributed by atoms with van der Waals surface area (Å²) in [6, 6.07) is 10.7. The lowest BCUT2D eigenvalue weighted by atomic mass is 10.1. The van der Waals surface area contributed by atoms with E-state index in [1.54, 1.807) is 11.3 Å². The summed E-state index contributed by atoms with van der Waals surface area (Å²) in [7, 11) is 0. The molecule has 2 nitrogen and oxygen atoms in total. The first-order valence-corrected chi connectivity index (χ1v) is 6.47. The van der Waals surface area contributed by atoms with Gasteiger partial charge < -0.3 is 0 Å². The van der Waals surface area contributed by atoms with Crippen molar-refractivity contribution in [1.82, 2.24) is 9.88 Å². The molecule has 1 aromatic carbocycles. The van der Waals surface area contributed by atoms with Crippen molar-refractivity contribution in [1.29, 1.82) is 0 Å². The number of hydrogen-bond donors (Lipinski definition) is 0. The van der Waals surface area contributed by atoms with Crippen LogP contribution in [0.2, 0.25) is 0 Å². The highest BCUT2D eigenvalue weighted by molar-refractivity contribution is 7.09. The molecule has 82 valence electrons. The molecule has 0 atom stereocenters. The molecular formula is C13H14N2S. The van der Waals surface area contributed by atoms with Gasteiger partial charge in [0, 0.05) is 24.5 Å². The Kier molecular flexibility index (Phi) is 2.72. The quantitative estimate of drug-likeness (QED) is 0.788. The zero-order valence-corrected chi connectivity index (χ0v) is 9.91. The SMILES string of the molecule is c1ccc(CN2CCc3scnc3C2)cc1. The first-order valence-electron chi connectivity index (χ1n) is 5.59. The van der Waals surface area contributed by atoms with E-state index < -0.39 is 0 Å². The van der Waals surface area contributed by atoms with Gasteiger partial charge in [0.15, 0.2) is 0 Å². The van der Waals surface area contributed by atoms with E-state index in [0.717, 1.165) is 26.1 Å². The highest BCUT2D eigenvalue weighted by Crippen LogP contribution is 2.22. The van der Waals surface area contributed by atoms with Crippen LogP contribution < -0.4 is 0 Å². The number of benzene rings is 1. The van der Waals surface area contributed by atoms with Gasteiger partial charge >= 0.3 is 0 Å². The van der Waals surface area contributed by atoms with Crippen LogP contribution in [-0.4, -0.2) is 16.4 Å². The van der Waals surface area contributed by atoms with Crippen LogP contribution in [0, 0.1) is 0 Å². The third-order valence-corrected chi connectivity index (χ3v) is 3.94. The summed E-state index contributed by atoms with van der Waals surface area (Å²) >= 11 is 1.80. The van der Waals surface area contributed by atoms with Gasteiger partial charge in [-0.25, -0.2) is 4.98 Å². The molecule has 0 spiro atoms. The predicted octanol–water partition coefficient (Wildman–Crippen LogP) is 2.70. The Hall–Kier alpha value is -1.19. The summed E-state index contributed by atoms with van der Waals surface area (Å²) in [5.74, 6) is 0. The van der Waals surface area contributed by atoms with Crippen molar-refractivity contribution in [2.45, 2.75) is 19.5 Å². The molecule has 1 aliphatic rings. The lowest BCUT2D eigenvalue weighted by Crippen LogP contribution is -2.29. The van der Waals surface area contributed by atoms with Gasteiger partial charge in [-0.05, 0) is 12.0 Å². The van der Waals surface area contributed by atoms with E-state index >= 15 is 0 Å². The van der Waals surface area contributed by atoms with Crippen molar-refractivity contribution in [3.8, 4) is 0 Å². The molecule has 2 heterocycles. The van der Waals surface area contributed by atoms with Gasteiger partial charge in [-0.1, -0.05) is 30.3 Å². The maximum absolute atomic E-state index is 4.43. The Morgan fingerprint density at radius 1 is 1.25 bits per heavy atom. The monoisotopic (exact) mass is 230 g/mol. The Bertz CT molecular complexity index is 464. The topological polar surface area (TPSA) is 16.1 Å². The minimum absolute atomic E-state index is 1.01. The number of thiazole rings is 1. The second-order valence-electron chi connectivity index (χ2n) is 4.17. The standard InChI is InChI=1S/C13H14N2S/c1-2-4-11(5-3-1)8-15-7-6-13-12(9-15)14-10-16-13/h1-5,10H,6-9H2. The van der Waals surface area contributed by atoms with Crippen LogP contribution in [0.15, 0.2) is 35.8 Å². The summed E-state index contributed by atoms with van der Waals surface area (Å²) in [5, 5.41) is 0. The van der Waals surface area contributed by atoms with Gasteiger partial charge in [-0.2, -0.15) is 0 Å². The molecule has 2 aromatic rings. The zero-order valence-electron chi connectivity index (χ0n) is 9.10. The van der Waals surface area contributed by atoms with Crippen molar-refractivity contribution >= 4 is 11.3 Å². The molecular weight excluding hydrogens is 216 g/mol. The summed E-state index contributed by atoms with van der Waals surface area (Å²) in [5.41, 5.74) is 4.64. The van der Waals surface area contributed by atoms with Crippen molar-refractivity contribution in [3.05, 3.63) is 52.0 Å². The maximum Gasteiger partial charge on any atom is 0.0798 e. The minimum Gasteiger partial charge on any atom is -0.293 e. The first-order chi connectivity index (χ1) is 7.92. The summed E-state index contributed by atoms with van der Waals surface area (Å²) < 4.78 is 0. The number of rotatable bonds is 2. The Morgan fingerprint density at radius 2 is 2.12 bits per heavy atom. The fraction of sp³-hybridized carbons (Fsp3) is 0.308. The van der Waals surface area contributed by atoms with Gasteiger partial charge in [0.25, 0.3) is 0 Å². The second kappa shape index (κ2) is 4.36. The van der Waals surface area contributed by atoms with E-state index in [1.165, 1.54) is 16.1 Å². The Labute approximate surface area is 99.6 Å². The predicted molar refractivity (Wildman–Crippen MR) is 66.4 cm³/mol. The van der Waals surface area contributed by atoms with Crippen LogP contribution in [0.1, 0.15) is 16.1 Å². The maximum atomic E-state index is 4.43. The largest absolute Gasteiger partial charge is 0.293 e. The number of fused-ring (bicyclic) bond motifs is 1. The fourth-order valence-electron chi connectivity index (χ4n) is 2.15. The first kappa shape index (κ1) is 10.00. The lowest BCUT2D eigenvalue weighted by Gasteiger charge is -2.25. The summed E-state index contributed by atoms with van der Waals surface area (Å²) in [6.45, 7) is 3.20. The molecule has 3 heteroatoms. The van der Waals surface area contributed by atoms with E-state index in [-0.39, 0.29) is 0 Å². The van der Waals surface area contributed by atoms with E-state index in [1.807, 2.05) is 5.51 Å². The number of hydrogen-bond acceptors (Lipinski definition) is 3. The van der Waals surface area contributed by atoms with Gasteiger partial charge in [-0.3, -0.25) is 4.90 Å². The van der Waals surface area contributed by atoms with Crippen LogP contribution in [0.5, 0.6) is 0 Å². The third-order valence-electron chi connectivity index (χ3n) is 3.00. The smallest absolute Gasteiger partial charge is 0.0798 e. The summed E-state index contributed by atoms with van der Waals surface area (Å²) in [6.07, 6.45) is 1.16. The molecule has 0 bridgehead atoms. The highest BCUT2D eigenvalue weighted by atomic mass is 32.1. The number of nitrogens with zero attached hydrogens (tertiary/aromatic N) is 2. The summed E-state index contributed by atoms with van der Waals surface area (Å²) in [4.78, 5) is 8.37. The second-order valence-corrected chi connectivity index (χ2v) is 5.11. The highest BCUT2D eigenvalue weighted by Gasteiger charge is 2.18. The third kappa shape index (κ3) is 2.01. The molecule has 0 saturated carbocycles. The van der Waals surface area contributed by atoms with Crippen LogP contribution >= 0.6 is 11.3 Å². The van der Waals surface area contributed by atoms with Crippen molar-refractivity contribution in [2.24, 2.45) is 0 Å². The molecule has 0 radical (unpaired) electrons. The van der Waals surface area contributed by atoms with Crippen molar-refractivity contribution in [3.63, 3.8) is 0 Å². The van der Waals surface area contributed by atoms with E-state index in [2.05, 4.69) is 40.2 Å². The Morgan fingerprint density at radius 3 is 3.00 bits per heavy atom. The molecule has 1 aromatic heterocycles. The van der Waals surface area contributed by atoms with E-state index in [9.17, 15) is 0 Å². The number of aromatic nitrogens is 1. The molecule has 0 fully saturated rings. The van der Waals surface area contributed by atoms with Gasteiger partial charge in [0.2, 0.25) is 0 Å². The molecule has 0 saturated heterocycles. The minimum atomic E-state index is 1.01. The van der Waals surface area contributed by atoms with Crippen LogP contribution in [-0.2, 0) is 19.5 Å². The van der Waals surface area contributed by atoms with Gasteiger partial charge in [0.05, 0.1) is 11.2 Å². The van der Waals surface area contributed by atoms with Crippen LogP contribution in [0.4, 0.5) is 0 Å². The average Bonchev–Trinajstić information content (AvgIpc) is 2.77. The normalized spacial score (nSPS) is 16.0. The molecule has 0 amide bonds. The zero-order chi connectivity index (χ0) is 10.8.